The zero-order valence-electron chi connectivity index (χ0n) is 19.4. The van der Waals surface area contributed by atoms with Crippen molar-refractivity contribution in [1.29, 1.82) is 5.26 Å². The van der Waals surface area contributed by atoms with Crippen molar-refractivity contribution in [3.8, 4) is 6.07 Å². The molecule has 2 aliphatic rings. The Labute approximate surface area is 204 Å². The van der Waals surface area contributed by atoms with Crippen LogP contribution in [0.25, 0.3) is 10.9 Å². The van der Waals surface area contributed by atoms with Crippen LogP contribution < -0.4 is 16.2 Å². The third-order valence-corrected chi connectivity index (χ3v) is 6.75. The molecule has 0 aliphatic carbocycles. The van der Waals surface area contributed by atoms with E-state index in [-0.39, 0.29) is 28.9 Å². The molecule has 3 aromatic rings. The number of H-pyrrole nitrogens is 1. The van der Waals surface area contributed by atoms with Gasteiger partial charge in [0.25, 0.3) is 5.56 Å². The van der Waals surface area contributed by atoms with E-state index in [4.69, 9.17) is 4.74 Å². The first-order valence-corrected chi connectivity index (χ1v) is 11.8. The number of fused-ring (bicyclic) bond motifs is 1. The predicted octanol–water partition coefficient (Wildman–Crippen LogP) is 3.08. The van der Waals surface area contributed by atoms with Crippen molar-refractivity contribution in [3.05, 3.63) is 52.4 Å². The Hall–Kier alpha value is -3.40. The molecular weight excluding hydrogens is 475 g/mol. The number of alkyl halides is 3. The van der Waals surface area contributed by atoms with Gasteiger partial charge in [0, 0.05) is 44.7 Å². The Morgan fingerprint density at radius 2 is 1.94 bits per heavy atom. The second-order valence-electron chi connectivity index (χ2n) is 9.00. The Bertz CT molecular complexity index is 1310. The first kappa shape index (κ1) is 24.3. The fourth-order valence-corrected chi connectivity index (χ4v) is 4.99. The van der Waals surface area contributed by atoms with Gasteiger partial charge in [-0.15, -0.1) is 0 Å². The fourth-order valence-electron chi connectivity index (χ4n) is 4.99. The van der Waals surface area contributed by atoms with E-state index in [0.29, 0.717) is 62.4 Å². The number of aromatic nitrogens is 3. The normalized spacial score (nSPS) is 22.3. The molecule has 0 bridgehead atoms. The number of halogens is 3. The predicted molar refractivity (Wildman–Crippen MR) is 127 cm³/mol. The molecule has 0 radical (unpaired) electrons. The van der Waals surface area contributed by atoms with E-state index in [1.165, 1.54) is 23.2 Å². The zero-order chi connectivity index (χ0) is 25.3. The molecule has 5 rings (SSSR count). The fraction of sp³-hybridized carbons (Fsp3) is 0.458. The van der Waals surface area contributed by atoms with E-state index >= 15 is 0 Å². The molecule has 2 saturated heterocycles. The smallest absolute Gasteiger partial charge is 0.379 e. The number of pyridine rings is 1. The van der Waals surface area contributed by atoms with Crippen LogP contribution >= 0.6 is 0 Å². The summed E-state index contributed by atoms with van der Waals surface area (Å²) in [5, 5.41) is 20.7. The van der Waals surface area contributed by atoms with Crippen molar-refractivity contribution in [1.82, 2.24) is 25.0 Å². The summed E-state index contributed by atoms with van der Waals surface area (Å²) in [7, 11) is 0. The summed E-state index contributed by atoms with van der Waals surface area (Å²) < 4.78 is 49.0. The minimum Gasteiger partial charge on any atom is -0.379 e. The third-order valence-electron chi connectivity index (χ3n) is 6.75. The van der Waals surface area contributed by atoms with Crippen molar-refractivity contribution < 1.29 is 17.9 Å². The highest BCUT2D eigenvalue weighted by molar-refractivity contribution is 5.91. The van der Waals surface area contributed by atoms with Gasteiger partial charge in [0.05, 0.1) is 30.2 Å². The highest BCUT2D eigenvalue weighted by Crippen LogP contribution is 2.38. The number of ether oxygens (including phenoxy) is 1. The van der Waals surface area contributed by atoms with Gasteiger partial charge in [-0.3, -0.25) is 14.4 Å². The number of hydrogen-bond acceptors (Lipinski definition) is 7. The number of anilines is 2. The van der Waals surface area contributed by atoms with Crippen LogP contribution in [0.15, 0.2) is 41.3 Å². The standard InChI is InChI=1S/C24H26F3N7O2/c25-24(26,27)21(33-10-8-29-9-11-33)15-1-3-17(4-2-15)31-22-20-18(5-7-30-23(20)35)34(32-22)19-14-36-12-6-16(19)13-28/h1-5,7,16,19,21,29H,6,8-12,14H2,(H,30,35)(H,31,32)/t16-,19+,21+/m1/s1. The Morgan fingerprint density at radius 1 is 1.19 bits per heavy atom. The SMILES string of the molecule is N#C[C@H]1CCOC[C@@H]1n1nc(Nc2ccc([C@H](N3CCNCC3)C(F)(F)F)cc2)c2c(=O)[nH]ccc21. The molecular formula is C24H26F3N7O2. The lowest BCUT2D eigenvalue weighted by Crippen LogP contribution is -2.49. The van der Waals surface area contributed by atoms with E-state index in [1.54, 1.807) is 22.9 Å². The number of nitrogens with zero attached hydrogens (tertiary/aromatic N) is 4. The summed E-state index contributed by atoms with van der Waals surface area (Å²) in [5.74, 6) is -0.0612. The molecule has 0 spiro atoms. The number of rotatable bonds is 5. The van der Waals surface area contributed by atoms with Crippen molar-refractivity contribution in [2.24, 2.45) is 5.92 Å². The van der Waals surface area contributed by atoms with Crippen LogP contribution in [-0.4, -0.2) is 65.2 Å². The molecule has 2 aromatic heterocycles. The molecule has 0 unspecified atom stereocenters. The second kappa shape index (κ2) is 9.93. The molecule has 2 aliphatic heterocycles. The lowest BCUT2D eigenvalue weighted by molar-refractivity contribution is -0.187. The maximum Gasteiger partial charge on any atom is 0.408 e. The number of piperazine rings is 1. The van der Waals surface area contributed by atoms with Crippen LogP contribution in [0.4, 0.5) is 24.7 Å². The minimum atomic E-state index is -4.41. The maximum atomic E-state index is 13.9. The van der Waals surface area contributed by atoms with Crippen molar-refractivity contribution in [3.63, 3.8) is 0 Å². The summed E-state index contributed by atoms with van der Waals surface area (Å²) in [6, 6.07) is 7.97. The van der Waals surface area contributed by atoms with Gasteiger partial charge in [-0.25, -0.2) is 0 Å². The molecule has 36 heavy (non-hydrogen) atoms. The van der Waals surface area contributed by atoms with Crippen LogP contribution in [0.3, 0.4) is 0 Å². The van der Waals surface area contributed by atoms with Gasteiger partial charge in [-0.2, -0.15) is 23.5 Å². The molecule has 190 valence electrons. The molecule has 0 saturated carbocycles. The van der Waals surface area contributed by atoms with Crippen molar-refractivity contribution >= 4 is 22.4 Å². The van der Waals surface area contributed by atoms with Gasteiger partial charge in [0.15, 0.2) is 5.82 Å². The molecule has 4 heterocycles. The summed E-state index contributed by atoms with van der Waals surface area (Å²) in [6.45, 7) is 2.42. The van der Waals surface area contributed by atoms with E-state index in [1.807, 2.05) is 0 Å². The summed E-state index contributed by atoms with van der Waals surface area (Å²) >= 11 is 0. The van der Waals surface area contributed by atoms with Crippen LogP contribution in [-0.2, 0) is 4.74 Å². The number of nitrogens with one attached hydrogen (secondary N) is 3. The van der Waals surface area contributed by atoms with Gasteiger partial charge in [0.1, 0.15) is 11.4 Å². The van der Waals surface area contributed by atoms with E-state index in [0.717, 1.165) is 0 Å². The monoisotopic (exact) mass is 501 g/mol. The number of aromatic amines is 1. The summed E-state index contributed by atoms with van der Waals surface area (Å²) in [6.07, 6.45) is -2.34. The highest BCUT2D eigenvalue weighted by Gasteiger charge is 2.44. The van der Waals surface area contributed by atoms with Crippen molar-refractivity contribution in [2.45, 2.75) is 24.7 Å². The molecule has 1 aromatic carbocycles. The third kappa shape index (κ3) is 4.69. The van der Waals surface area contributed by atoms with Crippen LogP contribution in [0, 0.1) is 17.2 Å². The number of hydrogen-bond donors (Lipinski definition) is 3. The van der Waals surface area contributed by atoms with E-state index in [9.17, 15) is 23.2 Å². The lowest BCUT2D eigenvalue weighted by atomic mass is 9.96. The summed E-state index contributed by atoms with van der Waals surface area (Å²) in [5.41, 5.74) is 0.828. The summed E-state index contributed by atoms with van der Waals surface area (Å²) in [4.78, 5) is 16.8. The Balaban J connectivity index is 1.46. The van der Waals surface area contributed by atoms with Gasteiger partial charge >= 0.3 is 6.18 Å². The molecule has 0 amide bonds. The van der Waals surface area contributed by atoms with Gasteiger partial charge in [-0.05, 0) is 30.2 Å². The number of benzene rings is 1. The Morgan fingerprint density at radius 3 is 2.64 bits per heavy atom. The molecule has 2 fully saturated rings. The van der Waals surface area contributed by atoms with Gasteiger partial charge in [0.2, 0.25) is 0 Å². The van der Waals surface area contributed by atoms with Crippen LogP contribution in [0.1, 0.15) is 24.1 Å². The molecule has 3 atom stereocenters. The topological polar surface area (TPSA) is 111 Å². The highest BCUT2D eigenvalue weighted by atomic mass is 19.4. The number of nitriles is 1. The maximum absolute atomic E-state index is 13.9. The average molecular weight is 502 g/mol. The first-order valence-electron chi connectivity index (χ1n) is 11.8. The largest absolute Gasteiger partial charge is 0.408 e. The van der Waals surface area contributed by atoms with Crippen LogP contribution in [0.5, 0.6) is 0 Å². The van der Waals surface area contributed by atoms with Gasteiger partial charge in [-0.1, -0.05) is 12.1 Å². The van der Waals surface area contributed by atoms with Crippen LogP contribution in [0.2, 0.25) is 0 Å². The average Bonchev–Trinajstić information content (AvgIpc) is 3.24. The van der Waals surface area contributed by atoms with E-state index in [2.05, 4.69) is 26.8 Å². The van der Waals surface area contributed by atoms with Gasteiger partial charge < -0.3 is 20.4 Å². The first-order chi connectivity index (χ1) is 17.4. The Kier molecular flexibility index (Phi) is 6.70. The molecule has 9 nitrogen and oxygen atoms in total. The molecule has 12 heteroatoms. The van der Waals surface area contributed by atoms with Crippen molar-refractivity contribution in [2.75, 3.05) is 44.7 Å². The lowest BCUT2D eigenvalue weighted by Gasteiger charge is -2.36. The zero-order valence-corrected chi connectivity index (χ0v) is 19.4. The molecule has 3 N–H and O–H groups in total. The van der Waals surface area contributed by atoms with E-state index < -0.39 is 12.2 Å². The second-order valence-corrected chi connectivity index (χ2v) is 9.00. The minimum absolute atomic E-state index is 0.152. The quantitative estimate of drug-likeness (QED) is 0.493.